The van der Waals surface area contributed by atoms with Crippen molar-refractivity contribution < 1.29 is 14.7 Å². The zero-order chi connectivity index (χ0) is 14.3. The number of thiophene rings is 1. The smallest absolute Gasteiger partial charge is 0.305 e. The van der Waals surface area contributed by atoms with E-state index in [1.54, 1.807) is 16.2 Å². The van der Waals surface area contributed by atoms with Gasteiger partial charge in [-0.15, -0.1) is 11.3 Å². The maximum atomic E-state index is 11.9. The van der Waals surface area contributed by atoms with E-state index in [9.17, 15) is 9.59 Å². The van der Waals surface area contributed by atoms with Crippen LogP contribution in [0, 0.1) is 6.92 Å². The van der Waals surface area contributed by atoms with Crippen LogP contribution in [0.25, 0.3) is 0 Å². The number of carboxylic acids is 1. The fraction of sp³-hybridized carbons (Fsp3) is 0.571. The van der Waals surface area contributed by atoms with Gasteiger partial charge in [-0.05, 0) is 38.8 Å². The standard InChI is InChI=1S/C14H21NO3S/c1-3-15(10-9-14(17)18)13(16)6-4-5-12-8-7-11(2)19-12/h7-8H,3-6,9-10H2,1-2H3,(H,17,18). The van der Waals surface area contributed by atoms with Crippen LogP contribution in [0.2, 0.25) is 0 Å². The molecular weight excluding hydrogens is 262 g/mol. The molecule has 1 N–H and O–H groups in total. The molecule has 0 aliphatic heterocycles. The first-order valence-corrected chi connectivity index (χ1v) is 7.39. The van der Waals surface area contributed by atoms with Crippen molar-refractivity contribution in [2.24, 2.45) is 0 Å². The van der Waals surface area contributed by atoms with Crippen molar-refractivity contribution in [3.8, 4) is 0 Å². The summed E-state index contributed by atoms with van der Waals surface area (Å²) in [5, 5.41) is 8.63. The maximum Gasteiger partial charge on any atom is 0.305 e. The molecule has 0 atom stereocenters. The molecule has 0 aliphatic rings. The minimum atomic E-state index is -0.861. The van der Waals surface area contributed by atoms with Gasteiger partial charge in [0, 0.05) is 29.3 Å². The SMILES string of the molecule is CCN(CCC(=O)O)C(=O)CCCc1ccc(C)s1. The van der Waals surface area contributed by atoms with Crippen LogP contribution in [0.3, 0.4) is 0 Å². The van der Waals surface area contributed by atoms with E-state index < -0.39 is 5.97 Å². The van der Waals surface area contributed by atoms with Crippen molar-refractivity contribution >= 4 is 23.2 Å². The number of carboxylic acid groups (broad SMARTS) is 1. The molecule has 0 saturated carbocycles. The summed E-state index contributed by atoms with van der Waals surface area (Å²) in [6, 6.07) is 4.19. The molecule has 1 amide bonds. The highest BCUT2D eigenvalue weighted by Gasteiger charge is 2.12. The number of rotatable bonds is 8. The number of amides is 1. The number of nitrogens with zero attached hydrogens (tertiary/aromatic N) is 1. The molecule has 0 aliphatic carbocycles. The number of aliphatic carboxylic acids is 1. The average molecular weight is 283 g/mol. The van der Waals surface area contributed by atoms with Crippen LogP contribution >= 0.6 is 11.3 Å². The predicted octanol–water partition coefficient (Wildman–Crippen LogP) is 2.70. The molecule has 4 nitrogen and oxygen atoms in total. The van der Waals surface area contributed by atoms with E-state index in [-0.39, 0.29) is 12.3 Å². The number of hydrogen-bond donors (Lipinski definition) is 1. The van der Waals surface area contributed by atoms with Crippen molar-refractivity contribution in [2.45, 2.75) is 39.5 Å². The summed E-state index contributed by atoms with van der Waals surface area (Å²) in [5.74, 6) is -0.808. The fourth-order valence-corrected chi connectivity index (χ4v) is 2.81. The van der Waals surface area contributed by atoms with Gasteiger partial charge in [-0.1, -0.05) is 0 Å². The molecular formula is C14H21NO3S. The monoisotopic (exact) mass is 283 g/mol. The lowest BCUT2D eigenvalue weighted by Gasteiger charge is -2.19. The molecule has 0 fully saturated rings. The van der Waals surface area contributed by atoms with Gasteiger partial charge in [0.05, 0.1) is 6.42 Å². The second-order valence-corrected chi connectivity index (χ2v) is 5.86. The fourth-order valence-electron chi connectivity index (χ4n) is 1.88. The molecule has 1 heterocycles. The van der Waals surface area contributed by atoms with E-state index in [1.165, 1.54) is 9.75 Å². The van der Waals surface area contributed by atoms with Crippen molar-refractivity contribution in [2.75, 3.05) is 13.1 Å². The second-order valence-electron chi connectivity index (χ2n) is 4.48. The molecule has 5 heteroatoms. The van der Waals surface area contributed by atoms with Gasteiger partial charge >= 0.3 is 5.97 Å². The summed E-state index contributed by atoms with van der Waals surface area (Å²) in [6.45, 7) is 4.83. The Balaban J connectivity index is 2.30. The van der Waals surface area contributed by atoms with Crippen LogP contribution in [-0.2, 0) is 16.0 Å². The number of carbonyl (C=O) groups is 2. The minimum Gasteiger partial charge on any atom is -0.481 e. The van der Waals surface area contributed by atoms with Crippen LogP contribution < -0.4 is 0 Å². The van der Waals surface area contributed by atoms with Gasteiger partial charge in [-0.25, -0.2) is 0 Å². The molecule has 0 saturated heterocycles. The van der Waals surface area contributed by atoms with Crippen molar-refractivity contribution in [1.82, 2.24) is 4.90 Å². The van der Waals surface area contributed by atoms with Gasteiger partial charge in [0.1, 0.15) is 0 Å². The topological polar surface area (TPSA) is 57.6 Å². The predicted molar refractivity (Wildman–Crippen MR) is 76.5 cm³/mol. The van der Waals surface area contributed by atoms with E-state index in [0.29, 0.717) is 19.5 Å². The quantitative estimate of drug-likeness (QED) is 0.798. The lowest BCUT2D eigenvalue weighted by molar-refractivity contribution is -0.138. The van der Waals surface area contributed by atoms with Crippen LogP contribution in [0.5, 0.6) is 0 Å². The van der Waals surface area contributed by atoms with Crippen LogP contribution in [0.15, 0.2) is 12.1 Å². The Morgan fingerprint density at radius 3 is 2.58 bits per heavy atom. The number of carbonyl (C=O) groups excluding carboxylic acids is 1. The average Bonchev–Trinajstić information content (AvgIpc) is 2.75. The zero-order valence-corrected chi connectivity index (χ0v) is 12.3. The maximum absolute atomic E-state index is 11.9. The zero-order valence-electron chi connectivity index (χ0n) is 11.5. The number of aryl methyl sites for hydroxylation is 2. The summed E-state index contributed by atoms with van der Waals surface area (Å²) >= 11 is 1.77. The van der Waals surface area contributed by atoms with Gasteiger partial charge in [0.15, 0.2) is 0 Å². The lowest BCUT2D eigenvalue weighted by atomic mass is 10.2. The Morgan fingerprint density at radius 2 is 2.05 bits per heavy atom. The minimum absolute atomic E-state index is 0.0176. The summed E-state index contributed by atoms with van der Waals surface area (Å²) in [4.78, 5) is 26.6. The van der Waals surface area contributed by atoms with Gasteiger partial charge in [0.25, 0.3) is 0 Å². The third kappa shape index (κ3) is 5.87. The van der Waals surface area contributed by atoms with Gasteiger partial charge < -0.3 is 10.0 Å². The third-order valence-corrected chi connectivity index (χ3v) is 4.00. The first-order chi connectivity index (χ1) is 9.02. The first kappa shape index (κ1) is 15.7. The number of hydrogen-bond acceptors (Lipinski definition) is 3. The van der Waals surface area contributed by atoms with E-state index in [4.69, 9.17) is 5.11 Å². The Bertz CT molecular complexity index is 428. The summed E-state index contributed by atoms with van der Waals surface area (Å²) in [5.41, 5.74) is 0. The molecule has 0 aromatic carbocycles. The summed E-state index contributed by atoms with van der Waals surface area (Å²) in [7, 11) is 0. The third-order valence-electron chi connectivity index (χ3n) is 2.94. The van der Waals surface area contributed by atoms with E-state index in [2.05, 4.69) is 19.1 Å². The van der Waals surface area contributed by atoms with Crippen LogP contribution in [-0.4, -0.2) is 35.0 Å². The summed E-state index contributed by atoms with van der Waals surface area (Å²) < 4.78 is 0. The molecule has 106 valence electrons. The van der Waals surface area contributed by atoms with Crippen LogP contribution in [0.4, 0.5) is 0 Å². The Kier molecular flexibility index (Phi) is 6.56. The molecule has 0 spiro atoms. The molecule has 19 heavy (non-hydrogen) atoms. The summed E-state index contributed by atoms with van der Waals surface area (Å²) in [6.07, 6.45) is 2.25. The normalized spacial score (nSPS) is 10.4. The highest BCUT2D eigenvalue weighted by Crippen LogP contribution is 2.17. The molecule has 1 rings (SSSR count). The molecule has 0 radical (unpaired) electrons. The van der Waals surface area contributed by atoms with Crippen molar-refractivity contribution in [1.29, 1.82) is 0 Å². The molecule has 1 aromatic heterocycles. The Labute approximate surface area is 118 Å². The second kappa shape index (κ2) is 7.94. The first-order valence-electron chi connectivity index (χ1n) is 6.57. The molecule has 0 bridgehead atoms. The van der Waals surface area contributed by atoms with Gasteiger partial charge in [-0.3, -0.25) is 9.59 Å². The van der Waals surface area contributed by atoms with Gasteiger partial charge in [-0.2, -0.15) is 0 Å². The molecule has 0 unspecified atom stereocenters. The van der Waals surface area contributed by atoms with Gasteiger partial charge in [0.2, 0.25) is 5.91 Å². The highest BCUT2D eigenvalue weighted by atomic mass is 32.1. The van der Waals surface area contributed by atoms with E-state index in [0.717, 1.165) is 12.8 Å². The highest BCUT2D eigenvalue weighted by molar-refractivity contribution is 7.11. The van der Waals surface area contributed by atoms with Crippen LogP contribution in [0.1, 0.15) is 35.9 Å². The van der Waals surface area contributed by atoms with E-state index in [1.807, 2.05) is 6.92 Å². The Morgan fingerprint density at radius 1 is 1.32 bits per heavy atom. The van der Waals surface area contributed by atoms with Crippen molar-refractivity contribution in [3.63, 3.8) is 0 Å². The van der Waals surface area contributed by atoms with E-state index >= 15 is 0 Å². The Hall–Kier alpha value is -1.36. The largest absolute Gasteiger partial charge is 0.481 e. The lowest BCUT2D eigenvalue weighted by Crippen LogP contribution is -2.32. The van der Waals surface area contributed by atoms with Crippen molar-refractivity contribution in [3.05, 3.63) is 21.9 Å². The molecule has 1 aromatic rings.